The van der Waals surface area contributed by atoms with Gasteiger partial charge in [-0.05, 0) is 59.7 Å². The molecule has 5 nitrogen and oxygen atoms in total. The van der Waals surface area contributed by atoms with Gasteiger partial charge in [0.1, 0.15) is 5.75 Å². The molecule has 2 aliphatic carbocycles. The van der Waals surface area contributed by atoms with Crippen LogP contribution in [0.3, 0.4) is 0 Å². The molecule has 2 aromatic carbocycles. The molecule has 0 bridgehead atoms. The van der Waals surface area contributed by atoms with E-state index in [0.29, 0.717) is 17.9 Å². The Labute approximate surface area is 194 Å². The molecule has 0 saturated carbocycles. The van der Waals surface area contributed by atoms with Crippen molar-refractivity contribution in [1.82, 2.24) is 5.32 Å². The Balaban J connectivity index is 1.53. The van der Waals surface area contributed by atoms with Gasteiger partial charge in [0, 0.05) is 30.7 Å². The number of hydrogen-bond donors (Lipinski definition) is 1. The molecule has 5 unspecified atom stereocenters. The number of ketones is 1. The summed E-state index contributed by atoms with van der Waals surface area (Å²) in [5.41, 5.74) is 3.37. The molecule has 0 aromatic heterocycles. The summed E-state index contributed by atoms with van der Waals surface area (Å²) in [6.07, 6.45) is 6.39. The van der Waals surface area contributed by atoms with Crippen LogP contribution in [0.4, 0.5) is 0 Å². The van der Waals surface area contributed by atoms with Crippen molar-refractivity contribution in [2.24, 2.45) is 17.8 Å². The zero-order valence-corrected chi connectivity index (χ0v) is 19.2. The summed E-state index contributed by atoms with van der Waals surface area (Å²) in [7, 11) is 1.63. The number of benzene rings is 2. The molecule has 0 radical (unpaired) electrons. The van der Waals surface area contributed by atoms with E-state index in [0.717, 1.165) is 23.1 Å². The maximum Gasteiger partial charge on any atom is 0.251 e. The Hall–Kier alpha value is -3.18. The van der Waals surface area contributed by atoms with Crippen LogP contribution in [0.25, 0.3) is 0 Å². The van der Waals surface area contributed by atoms with Gasteiger partial charge in [0.25, 0.3) is 5.91 Å². The van der Waals surface area contributed by atoms with E-state index in [9.17, 15) is 9.59 Å². The Kier molecular flexibility index (Phi) is 5.45. The van der Waals surface area contributed by atoms with E-state index in [1.54, 1.807) is 25.3 Å². The van der Waals surface area contributed by atoms with E-state index in [1.165, 1.54) is 0 Å². The molecule has 5 atom stereocenters. The third-order valence-electron chi connectivity index (χ3n) is 7.50. The lowest BCUT2D eigenvalue weighted by molar-refractivity contribution is -0.179. The maximum absolute atomic E-state index is 13.0. The van der Waals surface area contributed by atoms with Crippen LogP contribution in [-0.4, -0.2) is 24.6 Å². The van der Waals surface area contributed by atoms with Gasteiger partial charge in [-0.15, -0.1) is 0 Å². The monoisotopic (exact) mass is 443 g/mol. The molecule has 0 fully saturated rings. The highest BCUT2D eigenvalue weighted by molar-refractivity contribution is 6.06. The van der Waals surface area contributed by atoms with Crippen LogP contribution < -0.4 is 10.1 Å². The predicted molar refractivity (Wildman–Crippen MR) is 126 cm³/mol. The Morgan fingerprint density at radius 1 is 1.18 bits per heavy atom. The number of rotatable bonds is 5. The quantitative estimate of drug-likeness (QED) is 0.722. The van der Waals surface area contributed by atoms with Crippen LogP contribution in [-0.2, 0) is 16.1 Å². The number of ether oxygens (including phenoxy) is 2. The minimum absolute atomic E-state index is 0.00873. The van der Waals surface area contributed by atoms with Crippen LogP contribution in [0.5, 0.6) is 5.75 Å². The Morgan fingerprint density at radius 2 is 1.97 bits per heavy atom. The minimum atomic E-state index is -1.01. The Bertz CT molecular complexity index is 1150. The molecule has 0 spiro atoms. The van der Waals surface area contributed by atoms with Gasteiger partial charge in [0.15, 0.2) is 5.78 Å². The smallest absolute Gasteiger partial charge is 0.251 e. The van der Waals surface area contributed by atoms with Gasteiger partial charge in [-0.2, -0.15) is 0 Å². The minimum Gasteiger partial charge on any atom is -0.458 e. The van der Waals surface area contributed by atoms with Crippen molar-refractivity contribution in [2.75, 3.05) is 7.11 Å². The van der Waals surface area contributed by atoms with Gasteiger partial charge in [0.2, 0.25) is 5.79 Å². The number of hydrogen-bond acceptors (Lipinski definition) is 4. The summed E-state index contributed by atoms with van der Waals surface area (Å²) in [5.74, 6) is -0.109. The molecule has 170 valence electrons. The third kappa shape index (κ3) is 3.51. The molecular weight excluding hydrogens is 414 g/mol. The summed E-state index contributed by atoms with van der Waals surface area (Å²) in [4.78, 5) is 25.8. The zero-order chi connectivity index (χ0) is 23.2. The van der Waals surface area contributed by atoms with E-state index >= 15 is 0 Å². The number of carbonyl (C=O) groups excluding carboxylic acids is 2. The maximum atomic E-state index is 13.0. The molecule has 0 saturated heterocycles. The molecule has 1 aliphatic heterocycles. The van der Waals surface area contributed by atoms with Gasteiger partial charge >= 0.3 is 0 Å². The molecule has 5 heteroatoms. The van der Waals surface area contributed by atoms with Crippen LogP contribution in [0.15, 0.2) is 72.3 Å². The summed E-state index contributed by atoms with van der Waals surface area (Å²) >= 11 is 0. The van der Waals surface area contributed by atoms with Gasteiger partial charge < -0.3 is 14.8 Å². The van der Waals surface area contributed by atoms with Crippen LogP contribution in [0.1, 0.15) is 47.7 Å². The molecule has 2 aromatic rings. The summed E-state index contributed by atoms with van der Waals surface area (Å²) in [6, 6.07) is 15.4. The van der Waals surface area contributed by atoms with Gasteiger partial charge in [-0.25, -0.2) is 0 Å². The summed E-state index contributed by atoms with van der Waals surface area (Å²) in [5, 5.41) is 3.01. The fraction of sp³-hybridized carbons (Fsp3) is 0.357. The van der Waals surface area contributed by atoms with Crippen molar-refractivity contribution >= 4 is 11.7 Å². The van der Waals surface area contributed by atoms with Gasteiger partial charge in [0.05, 0.1) is 5.92 Å². The van der Waals surface area contributed by atoms with Crippen LogP contribution >= 0.6 is 0 Å². The fourth-order valence-corrected chi connectivity index (χ4v) is 5.73. The van der Waals surface area contributed by atoms with Crippen molar-refractivity contribution < 1.29 is 19.1 Å². The number of methoxy groups -OCH3 is 1. The first-order chi connectivity index (χ1) is 16.0. The number of amides is 1. The summed E-state index contributed by atoms with van der Waals surface area (Å²) < 4.78 is 12.3. The number of fused-ring (bicyclic) bond motifs is 2. The van der Waals surface area contributed by atoms with Gasteiger partial charge in [-0.3, -0.25) is 9.59 Å². The normalized spacial score (nSPS) is 29.4. The van der Waals surface area contributed by atoms with E-state index in [4.69, 9.17) is 9.47 Å². The molecule has 1 heterocycles. The second-order valence-corrected chi connectivity index (χ2v) is 9.20. The van der Waals surface area contributed by atoms with Crippen molar-refractivity contribution in [3.05, 3.63) is 89.0 Å². The lowest BCUT2D eigenvalue weighted by atomic mass is 9.59. The second-order valence-electron chi connectivity index (χ2n) is 9.20. The average molecular weight is 444 g/mol. The molecule has 1 amide bonds. The highest BCUT2D eigenvalue weighted by atomic mass is 16.7. The zero-order valence-electron chi connectivity index (χ0n) is 19.2. The molecule has 3 aliphatic rings. The fourth-order valence-electron chi connectivity index (χ4n) is 5.73. The van der Waals surface area contributed by atoms with E-state index in [1.807, 2.05) is 42.5 Å². The number of carbonyl (C=O) groups is 2. The topological polar surface area (TPSA) is 64.6 Å². The van der Waals surface area contributed by atoms with Crippen molar-refractivity contribution in [2.45, 2.75) is 38.5 Å². The highest BCUT2D eigenvalue weighted by Crippen LogP contribution is 2.58. The third-order valence-corrected chi connectivity index (χ3v) is 7.50. The molecular formula is C28H29NO4. The lowest BCUT2D eigenvalue weighted by Crippen LogP contribution is -2.56. The van der Waals surface area contributed by atoms with Crippen molar-refractivity contribution in [3.8, 4) is 5.75 Å². The van der Waals surface area contributed by atoms with E-state index in [-0.39, 0.29) is 35.4 Å². The standard InChI is InChI=1S/C28H29NO4/c1-4-19-14-21-23(30)12-13-28(32-3)26(21)25(17(19)2)22-15-20(10-11-24(22)33-28)27(31)29-16-18-8-6-5-7-9-18/h5-15,17,19,25-26H,4,16H2,1-3H3,(H,29,31). The van der Waals surface area contributed by atoms with Crippen LogP contribution in [0.2, 0.25) is 0 Å². The SMILES string of the molecule is CCC1C=C2C(=O)C=CC3(OC)Oc4ccc(C(=O)NCc5ccccc5)cc4C(C1C)C23. The first-order valence-corrected chi connectivity index (χ1v) is 11.6. The lowest BCUT2D eigenvalue weighted by Gasteiger charge is -2.52. The first kappa shape index (κ1) is 21.7. The van der Waals surface area contributed by atoms with Crippen molar-refractivity contribution in [3.63, 3.8) is 0 Å². The summed E-state index contributed by atoms with van der Waals surface area (Å²) in [6.45, 7) is 4.85. The predicted octanol–water partition coefficient (Wildman–Crippen LogP) is 4.79. The van der Waals surface area contributed by atoms with E-state index < -0.39 is 5.79 Å². The highest BCUT2D eigenvalue weighted by Gasteiger charge is 2.57. The van der Waals surface area contributed by atoms with E-state index in [2.05, 4.69) is 25.2 Å². The van der Waals surface area contributed by atoms with Gasteiger partial charge in [-0.1, -0.05) is 50.3 Å². The molecule has 33 heavy (non-hydrogen) atoms. The number of allylic oxidation sites excluding steroid dienone is 2. The molecule has 1 N–H and O–H groups in total. The van der Waals surface area contributed by atoms with Crippen LogP contribution in [0, 0.1) is 17.8 Å². The largest absolute Gasteiger partial charge is 0.458 e. The Morgan fingerprint density at radius 3 is 2.70 bits per heavy atom. The number of nitrogens with one attached hydrogen (secondary N) is 1. The average Bonchev–Trinajstić information content (AvgIpc) is 2.85. The van der Waals surface area contributed by atoms with Crippen molar-refractivity contribution in [1.29, 1.82) is 0 Å². The first-order valence-electron chi connectivity index (χ1n) is 11.6. The second kappa shape index (κ2) is 8.31. The molecule has 5 rings (SSSR count).